The van der Waals surface area contributed by atoms with Crippen LogP contribution in [0.3, 0.4) is 0 Å². The fourth-order valence-corrected chi connectivity index (χ4v) is 2.28. The summed E-state index contributed by atoms with van der Waals surface area (Å²) >= 11 is 5.71. The maximum atomic E-state index is 13.3. The average molecular weight is 440 g/mol. The zero-order chi connectivity index (χ0) is 21.4. The van der Waals surface area contributed by atoms with Crippen LogP contribution in [0.25, 0.3) is 23.0 Å². The lowest BCUT2D eigenvalue weighted by Gasteiger charge is -2.15. The Morgan fingerprint density at radius 3 is 2.48 bits per heavy atom. The number of alkyl halides is 6. The first kappa shape index (κ1) is 20.6. The highest BCUT2D eigenvalue weighted by atomic mass is 35.5. The van der Waals surface area contributed by atoms with Gasteiger partial charge in [-0.2, -0.15) is 31.3 Å². The van der Waals surface area contributed by atoms with Gasteiger partial charge in [0.15, 0.2) is 18.1 Å². The molecule has 0 bridgehead atoms. The van der Waals surface area contributed by atoms with Crippen molar-refractivity contribution in [3.8, 4) is 28.7 Å². The molecule has 0 atom stereocenters. The lowest BCUT2D eigenvalue weighted by molar-refractivity contribution is -0.158. The Morgan fingerprint density at radius 1 is 1.10 bits per heavy atom. The van der Waals surface area contributed by atoms with Crippen molar-refractivity contribution in [2.45, 2.75) is 12.4 Å². The highest BCUT2D eigenvalue weighted by molar-refractivity contribution is 6.29. The zero-order valence-electron chi connectivity index (χ0n) is 13.8. The largest absolute Gasteiger partial charge is 0.483 e. The number of halogens is 7. The minimum Gasteiger partial charge on any atom is -0.483 e. The molecule has 2 aromatic heterocycles. The third-order valence-corrected chi connectivity index (χ3v) is 3.51. The fraction of sp³-hybridized carbons (Fsp3) is 0.200. The van der Waals surface area contributed by atoms with Gasteiger partial charge in [0.05, 0.1) is 11.8 Å². The van der Waals surface area contributed by atoms with Gasteiger partial charge < -0.3 is 15.0 Å². The van der Waals surface area contributed by atoms with E-state index in [-0.39, 0.29) is 33.9 Å². The predicted molar refractivity (Wildman–Crippen MR) is 86.7 cm³/mol. The number of hydrogen-bond donors (Lipinski definition) is 1. The van der Waals surface area contributed by atoms with E-state index in [0.29, 0.717) is 6.07 Å². The average Bonchev–Trinajstić information content (AvgIpc) is 3.10. The topological polar surface area (TPSA) is 100.0 Å². The van der Waals surface area contributed by atoms with Gasteiger partial charge in [-0.15, -0.1) is 0 Å². The summed E-state index contributed by atoms with van der Waals surface area (Å²) in [6, 6.07) is 2.28. The van der Waals surface area contributed by atoms with Crippen molar-refractivity contribution in [1.82, 2.24) is 20.1 Å². The van der Waals surface area contributed by atoms with Crippen LogP contribution in [0.15, 0.2) is 28.9 Å². The van der Waals surface area contributed by atoms with Gasteiger partial charge in [0.25, 0.3) is 5.89 Å². The van der Waals surface area contributed by atoms with Crippen LogP contribution in [-0.2, 0) is 6.18 Å². The predicted octanol–water partition coefficient (Wildman–Crippen LogP) is 4.39. The molecule has 3 aromatic rings. The quantitative estimate of drug-likeness (QED) is 0.602. The number of nitrogens with two attached hydrogens (primary N) is 1. The second kappa shape index (κ2) is 7.39. The molecule has 154 valence electrons. The van der Waals surface area contributed by atoms with Crippen molar-refractivity contribution in [3.63, 3.8) is 0 Å². The van der Waals surface area contributed by atoms with Crippen LogP contribution >= 0.6 is 11.6 Å². The summed E-state index contributed by atoms with van der Waals surface area (Å²) in [4.78, 5) is 11.5. The van der Waals surface area contributed by atoms with E-state index in [1.807, 2.05) is 0 Å². The summed E-state index contributed by atoms with van der Waals surface area (Å²) in [5, 5.41) is 3.52. The molecule has 3 rings (SSSR count). The van der Waals surface area contributed by atoms with E-state index in [0.717, 1.165) is 18.3 Å². The second-order valence-electron chi connectivity index (χ2n) is 5.46. The number of rotatable bonds is 4. The van der Waals surface area contributed by atoms with E-state index in [4.69, 9.17) is 21.9 Å². The minimum atomic E-state index is -5.00. The number of ether oxygens (including phenoxy) is 1. The number of benzene rings is 1. The molecule has 0 radical (unpaired) electrons. The van der Waals surface area contributed by atoms with Gasteiger partial charge in [-0.1, -0.05) is 16.8 Å². The molecule has 2 N–H and O–H groups in total. The third-order valence-electron chi connectivity index (χ3n) is 3.33. The summed E-state index contributed by atoms with van der Waals surface area (Å²) in [6.45, 7) is -1.88. The number of nitrogen functional groups attached to an aromatic ring is 1. The van der Waals surface area contributed by atoms with E-state index in [2.05, 4.69) is 24.8 Å². The van der Waals surface area contributed by atoms with Crippen LogP contribution in [0.4, 0.5) is 32.2 Å². The molecule has 2 heterocycles. The summed E-state index contributed by atoms with van der Waals surface area (Å²) < 4.78 is 85.7. The van der Waals surface area contributed by atoms with Gasteiger partial charge in [-0.05, 0) is 18.2 Å². The Labute approximate surface area is 162 Å². The molecule has 7 nitrogen and oxygen atoms in total. The van der Waals surface area contributed by atoms with Crippen LogP contribution in [0.5, 0.6) is 5.75 Å². The molecule has 0 fully saturated rings. The Hall–Kier alpha value is -3.09. The van der Waals surface area contributed by atoms with Crippen molar-refractivity contribution in [2.75, 3.05) is 12.3 Å². The fourth-order valence-electron chi connectivity index (χ4n) is 2.15. The van der Waals surface area contributed by atoms with Gasteiger partial charge in [-0.25, -0.2) is 9.97 Å². The molecule has 0 saturated carbocycles. The maximum absolute atomic E-state index is 13.3. The summed E-state index contributed by atoms with van der Waals surface area (Å²) in [6.07, 6.45) is -8.64. The molecule has 29 heavy (non-hydrogen) atoms. The monoisotopic (exact) mass is 439 g/mol. The zero-order valence-corrected chi connectivity index (χ0v) is 14.6. The summed E-state index contributed by atoms with van der Waals surface area (Å²) in [5.41, 5.74) is 3.90. The molecule has 0 spiro atoms. The molecule has 0 aliphatic rings. The van der Waals surface area contributed by atoms with Crippen LogP contribution < -0.4 is 10.5 Å². The van der Waals surface area contributed by atoms with Crippen LogP contribution in [0.1, 0.15) is 5.56 Å². The number of aromatic nitrogens is 4. The van der Waals surface area contributed by atoms with Gasteiger partial charge in [-0.3, -0.25) is 0 Å². The van der Waals surface area contributed by atoms with E-state index < -0.39 is 30.3 Å². The van der Waals surface area contributed by atoms with E-state index in [1.165, 1.54) is 0 Å². The molecule has 0 saturated heterocycles. The lowest BCUT2D eigenvalue weighted by atomic mass is 10.1. The first-order valence-electron chi connectivity index (χ1n) is 7.47. The van der Waals surface area contributed by atoms with E-state index >= 15 is 0 Å². The standard InChI is InChI=1S/C15H8ClF6N5O2/c16-9-4-24-11(23)10(25-9)12-26-13(29-27-12)6-1-2-8(28-5-14(17,18)19)7(3-6)15(20,21)22/h1-4H,5H2,(H2,23,24). The molecule has 14 heteroatoms. The molecular weight excluding hydrogens is 432 g/mol. The molecule has 0 aliphatic heterocycles. The lowest BCUT2D eigenvalue weighted by Crippen LogP contribution is -2.20. The molecule has 0 aliphatic carbocycles. The Balaban J connectivity index is 1.97. The maximum Gasteiger partial charge on any atom is 0.422 e. The SMILES string of the molecule is Nc1ncc(Cl)nc1-c1noc(-c2ccc(OCC(F)(F)F)c(C(F)(F)F)c2)n1. The Morgan fingerprint density at radius 2 is 1.83 bits per heavy atom. The molecule has 0 amide bonds. The highest BCUT2D eigenvalue weighted by Crippen LogP contribution is 2.39. The van der Waals surface area contributed by atoms with Gasteiger partial charge in [0, 0.05) is 5.56 Å². The van der Waals surface area contributed by atoms with Crippen LogP contribution in [-0.4, -0.2) is 32.9 Å². The minimum absolute atomic E-state index is 0.0360. The summed E-state index contributed by atoms with van der Waals surface area (Å²) in [5.74, 6) is -1.66. The normalized spacial score (nSPS) is 12.2. The number of nitrogens with zero attached hydrogens (tertiary/aromatic N) is 4. The first-order chi connectivity index (χ1) is 13.4. The third kappa shape index (κ3) is 4.85. The first-order valence-corrected chi connectivity index (χ1v) is 7.85. The van der Waals surface area contributed by atoms with Crippen molar-refractivity contribution in [3.05, 3.63) is 35.1 Å². The van der Waals surface area contributed by atoms with E-state index in [1.54, 1.807) is 0 Å². The highest BCUT2D eigenvalue weighted by Gasteiger charge is 2.37. The van der Waals surface area contributed by atoms with Gasteiger partial charge >= 0.3 is 12.4 Å². The second-order valence-corrected chi connectivity index (χ2v) is 5.85. The van der Waals surface area contributed by atoms with Gasteiger partial charge in [0.2, 0.25) is 5.82 Å². The van der Waals surface area contributed by atoms with Crippen molar-refractivity contribution < 1.29 is 35.6 Å². The number of hydrogen-bond acceptors (Lipinski definition) is 7. The van der Waals surface area contributed by atoms with Crippen molar-refractivity contribution in [2.24, 2.45) is 0 Å². The molecule has 1 aromatic carbocycles. The van der Waals surface area contributed by atoms with Crippen LogP contribution in [0.2, 0.25) is 5.15 Å². The molecule has 0 unspecified atom stereocenters. The molecular formula is C15H8ClF6N5O2. The van der Waals surface area contributed by atoms with Crippen molar-refractivity contribution in [1.29, 1.82) is 0 Å². The summed E-state index contributed by atoms with van der Waals surface area (Å²) in [7, 11) is 0. The van der Waals surface area contributed by atoms with E-state index in [9.17, 15) is 26.3 Å². The Bertz CT molecular complexity index is 1040. The van der Waals surface area contributed by atoms with Gasteiger partial charge in [0.1, 0.15) is 10.9 Å². The van der Waals surface area contributed by atoms with Crippen LogP contribution in [0, 0.1) is 0 Å². The Kier molecular flexibility index (Phi) is 5.26. The van der Waals surface area contributed by atoms with Crippen molar-refractivity contribution >= 4 is 17.4 Å². The number of anilines is 1. The smallest absolute Gasteiger partial charge is 0.422 e.